The molecule has 0 saturated carbocycles. The third-order valence-corrected chi connectivity index (χ3v) is 3.50. The molecule has 1 aromatic carbocycles. The van der Waals surface area contributed by atoms with Gasteiger partial charge in [0.05, 0.1) is 6.10 Å². The number of nitrogens with one attached hydrogen (secondary N) is 1. The molecule has 0 saturated heterocycles. The second-order valence-corrected chi connectivity index (χ2v) is 5.82. The molecule has 0 amide bonds. The summed E-state index contributed by atoms with van der Waals surface area (Å²) < 4.78 is 0. The van der Waals surface area contributed by atoms with Crippen molar-refractivity contribution in [2.45, 2.75) is 45.8 Å². The zero-order valence-electron chi connectivity index (χ0n) is 13.4. The van der Waals surface area contributed by atoms with Gasteiger partial charge in [-0.1, -0.05) is 36.8 Å². The Morgan fingerprint density at radius 2 is 1.90 bits per heavy atom. The SMILES string of the molecule is CCCNC(CCN(C)CC(C)O)c1ccc(C)cc1. The summed E-state index contributed by atoms with van der Waals surface area (Å²) in [5.74, 6) is 0. The van der Waals surface area contributed by atoms with Crippen LogP contribution in [-0.4, -0.2) is 42.8 Å². The zero-order chi connectivity index (χ0) is 15.0. The summed E-state index contributed by atoms with van der Waals surface area (Å²) in [5.41, 5.74) is 2.66. The maximum atomic E-state index is 9.42. The van der Waals surface area contributed by atoms with Crippen LogP contribution >= 0.6 is 0 Å². The summed E-state index contributed by atoms with van der Waals surface area (Å²) >= 11 is 0. The molecule has 0 aromatic heterocycles. The smallest absolute Gasteiger partial charge is 0.0638 e. The fourth-order valence-corrected chi connectivity index (χ4v) is 2.40. The molecule has 0 heterocycles. The van der Waals surface area contributed by atoms with Gasteiger partial charge in [-0.15, -0.1) is 0 Å². The minimum atomic E-state index is -0.263. The number of likely N-dealkylation sites (N-methyl/N-ethyl adjacent to an activating group) is 1. The van der Waals surface area contributed by atoms with Crippen LogP contribution in [0.15, 0.2) is 24.3 Å². The van der Waals surface area contributed by atoms with Gasteiger partial charge < -0.3 is 15.3 Å². The van der Waals surface area contributed by atoms with Gasteiger partial charge in [-0.25, -0.2) is 0 Å². The summed E-state index contributed by atoms with van der Waals surface area (Å²) in [6.45, 7) is 8.91. The lowest BCUT2D eigenvalue weighted by Crippen LogP contribution is -2.31. The van der Waals surface area contributed by atoms with Crippen LogP contribution in [-0.2, 0) is 0 Å². The van der Waals surface area contributed by atoms with Gasteiger partial charge in [0, 0.05) is 12.6 Å². The largest absolute Gasteiger partial charge is 0.392 e. The standard InChI is InChI=1S/C17H30N2O/c1-5-11-18-17(10-12-19(4)13-15(3)20)16-8-6-14(2)7-9-16/h6-9,15,17-18,20H,5,10-13H2,1-4H3. The van der Waals surface area contributed by atoms with Crippen molar-refractivity contribution >= 4 is 0 Å². The van der Waals surface area contributed by atoms with Crippen molar-refractivity contribution in [2.24, 2.45) is 0 Å². The van der Waals surface area contributed by atoms with Crippen molar-refractivity contribution in [1.29, 1.82) is 0 Å². The van der Waals surface area contributed by atoms with Crippen LogP contribution in [0.2, 0.25) is 0 Å². The van der Waals surface area contributed by atoms with E-state index in [2.05, 4.69) is 55.4 Å². The minimum absolute atomic E-state index is 0.263. The molecule has 3 nitrogen and oxygen atoms in total. The Balaban J connectivity index is 2.57. The molecule has 20 heavy (non-hydrogen) atoms. The van der Waals surface area contributed by atoms with E-state index in [4.69, 9.17) is 0 Å². The predicted octanol–water partition coefficient (Wildman–Crippen LogP) is 2.74. The highest BCUT2D eigenvalue weighted by Gasteiger charge is 2.12. The molecular formula is C17H30N2O. The van der Waals surface area contributed by atoms with Gasteiger partial charge in [-0.3, -0.25) is 0 Å². The molecule has 114 valence electrons. The fourth-order valence-electron chi connectivity index (χ4n) is 2.40. The van der Waals surface area contributed by atoms with Crippen molar-refractivity contribution in [3.05, 3.63) is 35.4 Å². The number of rotatable bonds is 9. The van der Waals surface area contributed by atoms with E-state index in [0.29, 0.717) is 6.04 Å². The second kappa shape index (κ2) is 9.11. The quantitative estimate of drug-likeness (QED) is 0.729. The molecule has 0 aliphatic carbocycles. The number of benzene rings is 1. The zero-order valence-corrected chi connectivity index (χ0v) is 13.4. The normalized spacial score (nSPS) is 14.5. The van der Waals surface area contributed by atoms with E-state index in [1.807, 2.05) is 6.92 Å². The Hall–Kier alpha value is -0.900. The highest BCUT2D eigenvalue weighted by atomic mass is 16.3. The molecule has 0 fully saturated rings. The summed E-state index contributed by atoms with van der Waals surface area (Å²) in [6, 6.07) is 9.19. The number of hydrogen-bond donors (Lipinski definition) is 2. The highest BCUT2D eigenvalue weighted by molar-refractivity contribution is 5.24. The van der Waals surface area contributed by atoms with Crippen molar-refractivity contribution in [2.75, 3.05) is 26.7 Å². The molecule has 2 unspecified atom stereocenters. The Bertz CT molecular complexity index is 362. The van der Waals surface area contributed by atoms with Crippen molar-refractivity contribution in [1.82, 2.24) is 10.2 Å². The lowest BCUT2D eigenvalue weighted by Gasteiger charge is -2.24. The van der Waals surface area contributed by atoms with Crippen LogP contribution in [0.4, 0.5) is 0 Å². The van der Waals surface area contributed by atoms with Crippen LogP contribution < -0.4 is 5.32 Å². The Labute approximate surface area is 124 Å². The monoisotopic (exact) mass is 278 g/mol. The fraction of sp³-hybridized carbons (Fsp3) is 0.647. The van der Waals surface area contributed by atoms with Gasteiger partial charge in [0.15, 0.2) is 0 Å². The summed E-state index contributed by atoms with van der Waals surface area (Å²) in [5, 5.41) is 13.0. The molecule has 0 radical (unpaired) electrons. The van der Waals surface area contributed by atoms with Gasteiger partial charge in [-0.2, -0.15) is 0 Å². The van der Waals surface area contributed by atoms with E-state index in [1.54, 1.807) is 0 Å². The van der Waals surface area contributed by atoms with E-state index in [1.165, 1.54) is 11.1 Å². The van der Waals surface area contributed by atoms with Crippen molar-refractivity contribution < 1.29 is 5.11 Å². The molecule has 1 rings (SSSR count). The Morgan fingerprint density at radius 3 is 2.45 bits per heavy atom. The molecule has 2 N–H and O–H groups in total. The van der Waals surface area contributed by atoms with Gasteiger partial charge in [-0.05, 0) is 52.4 Å². The van der Waals surface area contributed by atoms with Crippen LogP contribution in [0.3, 0.4) is 0 Å². The van der Waals surface area contributed by atoms with E-state index >= 15 is 0 Å². The lowest BCUT2D eigenvalue weighted by atomic mass is 10.0. The highest BCUT2D eigenvalue weighted by Crippen LogP contribution is 2.18. The van der Waals surface area contributed by atoms with E-state index in [9.17, 15) is 5.11 Å². The number of aliphatic hydroxyl groups excluding tert-OH is 1. The predicted molar refractivity (Wildman–Crippen MR) is 86.0 cm³/mol. The van der Waals surface area contributed by atoms with Crippen LogP contribution in [0.1, 0.15) is 43.9 Å². The van der Waals surface area contributed by atoms with E-state index in [-0.39, 0.29) is 6.10 Å². The lowest BCUT2D eigenvalue weighted by molar-refractivity contribution is 0.139. The van der Waals surface area contributed by atoms with E-state index < -0.39 is 0 Å². The van der Waals surface area contributed by atoms with Gasteiger partial charge in [0.1, 0.15) is 0 Å². The van der Waals surface area contributed by atoms with E-state index in [0.717, 1.165) is 32.5 Å². The molecule has 0 spiro atoms. The van der Waals surface area contributed by atoms with Gasteiger partial charge in [0.2, 0.25) is 0 Å². The molecule has 0 aliphatic heterocycles. The minimum Gasteiger partial charge on any atom is -0.392 e. The maximum absolute atomic E-state index is 9.42. The molecule has 0 aliphatic rings. The van der Waals surface area contributed by atoms with Crippen LogP contribution in [0.25, 0.3) is 0 Å². The molecule has 3 heteroatoms. The average molecular weight is 278 g/mol. The molecule has 0 bridgehead atoms. The molecule has 1 aromatic rings. The first-order chi connectivity index (χ1) is 9.52. The first kappa shape index (κ1) is 17.2. The third kappa shape index (κ3) is 6.51. The number of aryl methyl sites for hydroxylation is 1. The number of aliphatic hydroxyl groups is 1. The number of nitrogens with zero attached hydrogens (tertiary/aromatic N) is 1. The first-order valence-electron chi connectivity index (χ1n) is 7.69. The van der Waals surface area contributed by atoms with Crippen molar-refractivity contribution in [3.63, 3.8) is 0 Å². The van der Waals surface area contributed by atoms with Crippen LogP contribution in [0.5, 0.6) is 0 Å². The van der Waals surface area contributed by atoms with Crippen molar-refractivity contribution in [3.8, 4) is 0 Å². The Morgan fingerprint density at radius 1 is 1.25 bits per heavy atom. The summed E-state index contributed by atoms with van der Waals surface area (Å²) in [4.78, 5) is 2.19. The first-order valence-corrected chi connectivity index (χ1v) is 7.69. The average Bonchev–Trinajstić information content (AvgIpc) is 2.39. The van der Waals surface area contributed by atoms with Gasteiger partial charge in [0.25, 0.3) is 0 Å². The summed E-state index contributed by atoms with van der Waals surface area (Å²) in [7, 11) is 2.07. The summed E-state index contributed by atoms with van der Waals surface area (Å²) in [6.07, 6.45) is 1.94. The maximum Gasteiger partial charge on any atom is 0.0638 e. The second-order valence-electron chi connectivity index (χ2n) is 5.82. The molecule has 2 atom stereocenters. The number of hydrogen-bond acceptors (Lipinski definition) is 3. The third-order valence-electron chi connectivity index (χ3n) is 3.50. The van der Waals surface area contributed by atoms with Crippen LogP contribution in [0, 0.1) is 6.92 Å². The Kier molecular flexibility index (Phi) is 7.82. The topological polar surface area (TPSA) is 35.5 Å². The molecular weight excluding hydrogens is 248 g/mol. The van der Waals surface area contributed by atoms with Gasteiger partial charge >= 0.3 is 0 Å².